The van der Waals surface area contributed by atoms with Gasteiger partial charge in [0.1, 0.15) is 5.82 Å². The van der Waals surface area contributed by atoms with Crippen LogP contribution in [0.5, 0.6) is 0 Å². The normalized spacial score (nSPS) is 13.2. The van der Waals surface area contributed by atoms with E-state index in [-0.39, 0.29) is 18.4 Å². The van der Waals surface area contributed by atoms with Gasteiger partial charge in [-0.2, -0.15) is 0 Å². The molecule has 1 N–H and O–H groups in total. The monoisotopic (exact) mass is 203 g/mol. The molecule has 4 heteroatoms. The summed E-state index contributed by atoms with van der Waals surface area (Å²) in [5.74, 6) is -0.354. The largest absolute Gasteiger partial charge is 0.305 e. The van der Waals surface area contributed by atoms with Crippen molar-refractivity contribution in [1.82, 2.24) is 5.32 Å². The lowest BCUT2D eigenvalue weighted by Gasteiger charge is -2.13. The van der Waals surface area contributed by atoms with E-state index in [9.17, 15) is 13.2 Å². The fraction of sp³-hybridized carbons (Fsp3) is 0.400. The molecule has 14 heavy (non-hydrogen) atoms. The molecule has 0 bridgehead atoms. The van der Waals surface area contributed by atoms with Crippen LogP contribution in [0, 0.1) is 5.82 Å². The minimum Gasteiger partial charge on any atom is -0.305 e. The summed E-state index contributed by atoms with van der Waals surface area (Å²) < 4.78 is 36.5. The van der Waals surface area contributed by atoms with E-state index in [1.165, 1.54) is 12.1 Å². The van der Waals surface area contributed by atoms with Gasteiger partial charge in [-0.25, -0.2) is 13.2 Å². The Labute approximate surface area is 80.9 Å². The van der Waals surface area contributed by atoms with Gasteiger partial charge in [0.2, 0.25) is 0 Å². The number of hydrogen-bond donors (Lipinski definition) is 1. The topological polar surface area (TPSA) is 12.0 Å². The van der Waals surface area contributed by atoms with E-state index in [2.05, 4.69) is 5.32 Å². The summed E-state index contributed by atoms with van der Waals surface area (Å²) in [5, 5.41) is 2.61. The Morgan fingerprint density at radius 3 is 2.64 bits per heavy atom. The second kappa shape index (κ2) is 5.00. The smallest absolute Gasteiger partial charge is 0.250 e. The fourth-order valence-corrected chi connectivity index (χ4v) is 1.16. The van der Waals surface area contributed by atoms with Crippen molar-refractivity contribution >= 4 is 0 Å². The lowest BCUT2D eigenvalue weighted by molar-refractivity contribution is 0.142. The Morgan fingerprint density at radius 1 is 1.36 bits per heavy atom. The summed E-state index contributed by atoms with van der Waals surface area (Å²) in [4.78, 5) is 0. The van der Waals surface area contributed by atoms with Crippen LogP contribution in [0.4, 0.5) is 13.2 Å². The maximum Gasteiger partial charge on any atom is 0.250 e. The van der Waals surface area contributed by atoms with Crippen LogP contribution in [0.25, 0.3) is 0 Å². The molecule has 0 heterocycles. The highest BCUT2D eigenvalue weighted by Crippen LogP contribution is 2.13. The first kappa shape index (κ1) is 11.0. The Balaban J connectivity index is 2.56. The number of halogens is 3. The van der Waals surface area contributed by atoms with Gasteiger partial charge < -0.3 is 5.32 Å². The van der Waals surface area contributed by atoms with E-state index in [0.717, 1.165) is 0 Å². The molecule has 1 aromatic carbocycles. The third-order valence-corrected chi connectivity index (χ3v) is 1.93. The highest BCUT2D eigenvalue weighted by molar-refractivity contribution is 5.19. The van der Waals surface area contributed by atoms with Crippen LogP contribution in [0.1, 0.15) is 18.5 Å². The zero-order valence-electron chi connectivity index (χ0n) is 7.81. The highest BCUT2D eigenvalue weighted by atomic mass is 19.3. The van der Waals surface area contributed by atoms with Gasteiger partial charge in [-0.3, -0.25) is 0 Å². The molecule has 0 aliphatic rings. The van der Waals surface area contributed by atoms with Gasteiger partial charge in [0, 0.05) is 6.04 Å². The summed E-state index contributed by atoms with van der Waals surface area (Å²) in [6.07, 6.45) is -2.38. The standard InChI is InChI=1S/C10H12F3N/c1-7(14-6-10(12)13)8-3-2-4-9(11)5-8/h2-5,7,10,14H,6H2,1H3/t7-/m0/s1. The predicted molar refractivity (Wildman–Crippen MR) is 48.8 cm³/mol. The maximum absolute atomic E-state index is 12.8. The Morgan fingerprint density at radius 2 is 2.07 bits per heavy atom. The maximum atomic E-state index is 12.8. The average Bonchev–Trinajstić information content (AvgIpc) is 2.14. The quantitative estimate of drug-likeness (QED) is 0.793. The molecule has 0 saturated carbocycles. The summed E-state index contributed by atoms with van der Waals surface area (Å²) >= 11 is 0. The third-order valence-electron chi connectivity index (χ3n) is 1.93. The van der Waals surface area contributed by atoms with Crippen molar-refractivity contribution in [2.75, 3.05) is 6.54 Å². The van der Waals surface area contributed by atoms with Crippen molar-refractivity contribution in [1.29, 1.82) is 0 Å². The molecule has 0 unspecified atom stereocenters. The van der Waals surface area contributed by atoms with E-state index < -0.39 is 6.43 Å². The van der Waals surface area contributed by atoms with Gasteiger partial charge in [-0.1, -0.05) is 12.1 Å². The molecule has 1 atom stereocenters. The molecule has 0 amide bonds. The molecule has 0 aliphatic heterocycles. The summed E-state index contributed by atoms with van der Waals surface area (Å²) in [7, 11) is 0. The first-order valence-electron chi connectivity index (χ1n) is 4.36. The van der Waals surface area contributed by atoms with Gasteiger partial charge >= 0.3 is 0 Å². The minimum atomic E-state index is -2.38. The molecule has 0 fully saturated rings. The summed E-state index contributed by atoms with van der Waals surface area (Å²) in [5.41, 5.74) is 0.672. The second-order valence-corrected chi connectivity index (χ2v) is 3.08. The van der Waals surface area contributed by atoms with Crippen LogP contribution in [0.15, 0.2) is 24.3 Å². The summed E-state index contributed by atoms with van der Waals surface area (Å²) in [6.45, 7) is 1.34. The van der Waals surface area contributed by atoms with Gasteiger partial charge in [0.25, 0.3) is 6.43 Å². The Kier molecular flexibility index (Phi) is 3.95. The Hall–Kier alpha value is -1.03. The molecule has 1 aromatic rings. The molecule has 78 valence electrons. The van der Waals surface area contributed by atoms with E-state index in [1.807, 2.05) is 0 Å². The van der Waals surface area contributed by atoms with Crippen molar-refractivity contribution in [2.45, 2.75) is 19.4 Å². The van der Waals surface area contributed by atoms with Crippen LogP contribution >= 0.6 is 0 Å². The zero-order chi connectivity index (χ0) is 10.6. The molecule has 0 spiro atoms. The third kappa shape index (κ3) is 3.38. The molecular formula is C10H12F3N. The minimum absolute atomic E-state index is 0.264. The fourth-order valence-electron chi connectivity index (χ4n) is 1.16. The number of hydrogen-bond acceptors (Lipinski definition) is 1. The van der Waals surface area contributed by atoms with E-state index >= 15 is 0 Å². The van der Waals surface area contributed by atoms with Crippen molar-refractivity contribution in [2.24, 2.45) is 0 Å². The number of nitrogens with one attached hydrogen (secondary N) is 1. The van der Waals surface area contributed by atoms with Gasteiger partial charge in [0.15, 0.2) is 0 Å². The molecule has 0 aromatic heterocycles. The van der Waals surface area contributed by atoms with Gasteiger partial charge in [0.05, 0.1) is 6.54 Å². The van der Waals surface area contributed by atoms with Crippen molar-refractivity contribution in [3.63, 3.8) is 0 Å². The second-order valence-electron chi connectivity index (χ2n) is 3.08. The Bertz CT molecular complexity index is 288. The molecule has 0 aliphatic carbocycles. The van der Waals surface area contributed by atoms with Crippen LogP contribution in [0.2, 0.25) is 0 Å². The van der Waals surface area contributed by atoms with Crippen LogP contribution in [-0.4, -0.2) is 13.0 Å². The van der Waals surface area contributed by atoms with E-state index in [1.54, 1.807) is 19.1 Å². The molecule has 0 radical (unpaired) electrons. The number of benzene rings is 1. The highest BCUT2D eigenvalue weighted by Gasteiger charge is 2.08. The first-order valence-corrected chi connectivity index (χ1v) is 4.36. The van der Waals surface area contributed by atoms with E-state index in [4.69, 9.17) is 0 Å². The van der Waals surface area contributed by atoms with Crippen LogP contribution in [-0.2, 0) is 0 Å². The first-order chi connectivity index (χ1) is 6.59. The lowest BCUT2D eigenvalue weighted by Crippen LogP contribution is -2.24. The molecule has 1 rings (SSSR count). The molecular weight excluding hydrogens is 191 g/mol. The van der Waals surface area contributed by atoms with Crippen molar-refractivity contribution in [3.8, 4) is 0 Å². The number of alkyl halides is 2. The SMILES string of the molecule is C[C@H](NCC(F)F)c1cccc(F)c1. The van der Waals surface area contributed by atoms with Gasteiger partial charge in [-0.15, -0.1) is 0 Å². The van der Waals surface area contributed by atoms with Crippen LogP contribution < -0.4 is 5.32 Å². The van der Waals surface area contributed by atoms with Crippen molar-refractivity contribution in [3.05, 3.63) is 35.6 Å². The van der Waals surface area contributed by atoms with Gasteiger partial charge in [-0.05, 0) is 24.6 Å². The number of rotatable bonds is 4. The lowest BCUT2D eigenvalue weighted by atomic mass is 10.1. The van der Waals surface area contributed by atoms with E-state index in [0.29, 0.717) is 5.56 Å². The average molecular weight is 203 g/mol. The molecule has 1 nitrogen and oxygen atoms in total. The molecule has 0 saturated heterocycles. The summed E-state index contributed by atoms with van der Waals surface area (Å²) in [6, 6.07) is 5.66. The van der Waals surface area contributed by atoms with Crippen molar-refractivity contribution < 1.29 is 13.2 Å². The predicted octanol–water partition coefficient (Wildman–Crippen LogP) is 2.74. The zero-order valence-corrected chi connectivity index (χ0v) is 7.81. The van der Waals surface area contributed by atoms with Crippen LogP contribution in [0.3, 0.4) is 0 Å².